The summed E-state index contributed by atoms with van der Waals surface area (Å²) in [4.78, 5) is 35.5. The molecule has 0 saturated carbocycles. The van der Waals surface area contributed by atoms with E-state index >= 15 is 0 Å². The summed E-state index contributed by atoms with van der Waals surface area (Å²) >= 11 is 0. The maximum absolute atomic E-state index is 13.3. The molecule has 0 bridgehead atoms. The average molecular weight is 614 g/mol. The molecule has 4 aromatic heterocycles. The summed E-state index contributed by atoms with van der Waals surface area (Å²) < 4.78 is 37.2. The van der Waals surface area contributed by atoms with Gasteiger partial charge in [-0.25, -0.2) is 28.7 Å². The minimum Gasteiger partial charge on any atom is -0.476 e. The van der Waals surface area contributed by atoms with Crippen molar-refractivity contribution in [3.63, 3.8) is 0 Å². The normalized spacial score (nSPS) is 10.8. The Morgan fingerprint density at radius 3 is 1.60 bits per heavy atom. The zero-order valence-corrected chi connectivity index (χ0v) is 24.9. The molecule has 0 atom stereocenters. The van der Waals surface area contributed by atoms with E-state index in [1.807, 2.05) is 50.2 Å². The van der Waals surface area contributed by atoms with Crippen LogP contribution in [0.15, 0.2) is 54.9 Å². The predicted molar refractivity (Wildman–Crippen MR) is 167 cm³/mol. The quantitative estimate of drug-likeness (QED) is 0.258. The lowest BCUT2D eigenvalue weighted by Gasteiger charge is -2.12. The van der Waals surface area contributed by atoms with Gasteiger partial charge < -0.3 is 25.8 Å². The Hall–Kier alpha value is -5.86. The van der Waals surface area contributed by atoms with Gasteiger partial charge in [0.05, 0.1) is 37.0 Å². The molecule has 15 heteroatoms. The summed E-state index contributed by atoms with van der Waals surface area (Å²) in [6, 6.07) is 11.6. The van der Waals surface area contributed by atoms with Gasteiger partial charge >= 0.3 is 0 Å². The Bertz CT molecular complexity index is 1980. The summed E-state index contributed by atoms with van der Waals surface area (Å²) in [5, 5.41) is 0. The molecule has 0 amide bonds. The van der Waals surface area contributed by atoms with Gasteiger partial charge in [-0.05, 0) is 44.2 Å². The second-order valence-electron chi connectivity index (χ2n) is 9.57. The van der Waals surface area contributed by atoms with Gasteiger partial charge in [0.1, 0.15) is 0 Å². The highest BCUT2D eigenvalue weighted by Crippen LogP contribution is 2.27. The number of hydrogen-bond donors (Lipinski definition) is 2. The zero-order valence-electron chi connectivity index (χ0n) is 24.9. The van der Waals surface area contributed by atoms with E-state index in [2.05, 4.69) is 39.9 Å². The number of nitrogens with zero attached hydrogens (tertiary/aromatic N) is 9. The summed E-state index contributed by atoms with van der Waals surface area (Å²) in [7, 11) is 4.00. The first-order chi connectivity index (χ1) is 21.7. The van der Waals surface area contributed by atoms with Gasteiger partial charge in [0.2, 0.25) is 23.7 Å². The Labute approximate surface area is 256 Å². The first-order valence-electron chi connectivity index (χ1n) is 13.8. The molecule has 45 heavy (non-hydrogen) atoms. The Kier molecular flexibility index (Phi) is 8.97. The van der Waals surface area contributed by atoms with E-state index in [-0.39, 0.29) is 23.4 Å². The fourth-order valence-corrected chi connectivity index (χ4v) is 4.14. The summed E-state index contributed by atoms with van der Waals surface area (Å²) in [5.41, 5.74) is 16.3. The van der Waals surface area contributed by atoms with Crippen LogP contribution in [-0.4, -0.2) is 67.2 Å². The lowest BCUT2D eigenvalue weighted by atomic mass is 10.1. The maximum Gasteiger partial charge on any atom is 0.247 e. The molecule has 0 spiro atoms. The molecule has 13 nitrogen and oxygen atoms in total. The van der Waals surface area contributed by atoms with Gasteiger partial charge in [0, 0.05) is 30.9 Å². The minimum atomic E-state index is -0.960. The molecule has 4 heterocycles. The first kappa shape index (κ1) is 30.6. The smallest absolute Gasteiger partial charge is 0.247 e. The number of benzene rings is 2. The van der Waals surface area contributed by atoms with Crippen molar-refractivity contribution in [3.8, 4) is 34.3 Å². The number of ether oxygens (including phenoxy) is 2. The van der Waals surface area contributed by atoms with Gasteiger partial charge in [0.15, 0.2) is 34.0 Å². The van der Waals surface area contributed by atoms with Crippen LogP contribution in [0.4, 0.5) is 26.4 Å². The Morgan fingerprint density at radius 2 is 1.13 bits per heavy atom. The summed E-state index contributed by atoms with van der Waals surface area (Å²) in [6.07, 6.45) is 3.08. The number of rotatable bonds is 7. The molecule has 230 valence electrons. The third-order valence-corrected chi connectivity index (χ3v) is 6.24. The van der Waals surface area contributed by atoms with Crippen LogP contribution in [0.25, 0.3) is 44.8 Å². The van der Waals surface area contributed by atoms with E-state index in [0.29, 0.717) is 47.0 Å². The lowest BCUT2D eigenvalue weighted by Crippen LogP contribution is -2.08. The topological polar surface area (TPSA) is 177 Å². The Morgan fingerprint density at radius 1 is 0.644 bits per heavy atom. The van der Waals surface area contributed by atoms with E-state index < -0.39 is 11.6 Å². The fourth-order valence-electron chi connectivity index (χ4n) is 4.14. The second kappa shape index (κ2) is 13.2. The lowest BCUT2D eigenvalue weighted by molar-refractivity contribution is 0.330. The molecule has 0 radical (unpaired) electrons. The van der Waals surface area contributed by atoms with Crippen LogP contribution in [0, 0.1) is 11.6 Å². The Balaban J connectivity index is 0.000000178. The second-order valence-corrected chi connectivity index (χ2v) is 9.57. The largest absolute Gasteiger partial charge is 0.476 e. The number of nitrogen functional groups attached to an aromatic ring is 2. The van der Waals surface area contributed by atoms with Crippen molar-refractivity contribution in [3.05, 3.63) is 66.5 Å². The van der Waals surface area contributed by atoms with E-state index in [1.165, 1.54) is 12.3 Å². The number of nitrogens with two attached hydrogens (primary N) is 2. The van der Waals surface area contributed by atoms with Crippen LogP contribution in [0.2, 0.25) is 0 Å². The highest BCUT2D eigenvalue weighted by molar-refractivity contribution is 5.80. The van der Waals surface area contributed by atoms with Crippen molar-refractivity contribution in [2.24, 2.45) is 0 Å². The number of fused-ring (bicyclic) bond motifs is 2. The summed E-state index contributed by atoms with van der Waals surface area (Å²) in [6.45, 7) is 4.50. The predicted octanol–water partition coefficient (Wildman–Crippen LogP) is 4.48. The molecule has 0 aliphatic rings. The molecular weight excluding hydrogens is 584 g/mol. The van der Waals surface area contributed by atoms with Gasteiger partial charge in [-0.1, -0.05) is 12.1 Å². The zero-order chi connectivity index (χ0) is 32.1. The molecule has 0 aliphatic heterocycles. The van der Waals surface area contributed by atoms with Gasteiger partial charge in [-0.15, -0.1) is 0 Å². The molecule has 0 saturated heterocycles. The molecule has 4 N–H and O–H groups in total. The molecular formula is C30H29F2N11O2. The van der Waals surface area contributed by atoms with E-state index in [1.54, 1.807) is 13.1 Å². The molecule has 0 unspecified atom stereocenters. The summed E-state index contributed by atoms with van der Waals surface area (Å²) in [5.74, 6) is -1.19. The van der Waals surface area contributed by atoms with E-state index in [9.17, 15) is 8.78 Å². The average Bonchev–Trinajstić information content (AvgIpc) is 3.02. The third kappa shape index (κ3) is 6.87. The number of aromatic nitrogens is 8. The van der Waals surface area contributed by atoms with E-state index in [4.69, 9.17) is 20.9 Å². The van der Waals surface area contributed by atoms with Crippen LogP contribution in [-0.2, 0) is 0 Å². The van der Waals surface area contributed by atoms with Crippen molar-refractivity contribution in [1.82, 2.24) is 39.9 Å². The van der Waals surface area contributed by atoms with Crippen LogP contribution < -0.4 is 25.8 Å². The van der Waals surface area contributed by atoms with E-state index in [0.717, 1.165) is 29.1 Å². The SMILES string of the molecule is CCOc1nc(N)nc2ncc(-c3ccc(F)c(F)c3)nc12.CCOc1nc(N)nc2ncc(-c3ccc(N(C)C)cc3)nc12. The van der Waals surface area contributed by atoms with Crippen molar-refractivity contribution >= 4 is 39.9 Å². The standard InChI is InChI=1S/C16H18N6O.C14H11F2N5O/c1-4-23-15-13-14(20-16(17)21-15)18-9-12(19-13)10-5-7-11(8-6-10)22(2)3;1-2-22-13-11-12(20-14(17)21-13)18-6-10(19-11)7-3-4-8(15)9(16)5-7/h5-9H,4H2,1-3H3,(H2,17,18,20,21);3-6H,2H2,1H3,(H2,17,18,20,21). The van der Waals surface area contributed by atoms with Crippen LogP contribution in [0.1, 0.15) is 13.8 Å². The van der Waals surface area contributed by atoms with Crippen molar-refractivity contribution < 1.29 is 18.3 Å². The molecule has 2 aromatic carbocycles. The highest BCUT2D eigenvalue weighted by Gasteiger charge is 2.14. The van der Waals surface area contributed by atoms with Crippen LogP contribution in [0.3, 0.4) is 0 Å². The third-order valence-electron chi connectivity index (χ3n) is 6.24. The van der Waals surface area contributed by atoms with Gasteiger partial charge in [-0.2, -0.15) is 19.9 Å². The monoisotopic (exact) mass is 613 g/mol. The fraction of sp³-hybridized carbons (Fsp3) is 0.200. The molecule has 0 fully saturated rings. The van der Waals surface area contributed by atoms with Crippen molar-refractivity contribution in [2.75, 3.05) is 43.7 Å². The molecule has 0 aliphatic carbocycles. The number of anilines is 3. The molecule has 6 rings (SSSR count). The molecule has 6 aromatic rings. The van der Waals surface area contributed by atoms with Gasteiger partial charge in [0.25, 0.3) is 0 Å². The van der Waals surface area contributed by atoms with Crippen molar-refractivity contribution in [1.29, 1.82) is 0 Å². The van der Waals surface area contributed by atoms with Gasteiger partial charge in [-0.3, -0.25) is 0 Å². The first-order valence-corrected chi connectivity index (χ1v) is 13.8. The number of hydrogen-bond acceptors (Lipinski definition) is 13. The maximum atomic E-state index is 13.3. The minimum absolute atomic E-state index is 0.0193. The van der Waals surface area contributed by atoms with Crippen LogP contribution in [0.5, 0.6) is 11.8 Å². The van der Waals surface area contributed by atoms with Crippen LogP contribution >= 0.6 is 0 Å². The van der Waals surface area contributed by atoms with Crippen molar-refractivity contribution in [2.45, 2.75) is 13.8 Å². The highest BCUT2D eigenvalue weighted by atomic mass is 19.2. The number of halogens is 2.